The van der Waals surface area contributed by atoms with E-state index in [1.807, 2.05) is 49.6 Å². The van der Waals surface area contributed by atoms with Crippen LogP contribution in [0.25, 0.3) is 0 Å². The van der Waals surface area contributed by atoms with Crippen LogP contribution in [-0.2, 0) is 6.54 Å². The molecule has 1 heterocycles. The molecular weight excluding hydrogens is 358 g/mol. The molecule has 1 fully saturated rings. The van der Waals surface area contributed by atoms with E-state index in [4.69, 9.17) is 4.74 Å². The number of hydrogen-bond donors (Lipinski definition) is 1. The molecule has 4 nitrogen and oxygen atoms in total. The van der Waals surface area contributed by atoms with Crippen LogP contribution in [0, 0.1) is 5.92 Å². The topological polar surface area (TPSA) is 49.8 Å². The maximum Gasteiger partial charge on any atom is 0.168 e. The SMILES string of the molecule is CCOc1cc(CN2CCCC(C(=O)c3ccccc3SC)C2)ccc1O. The Morgan fingerprint density at radius 2 is 2.11 bits per heavy atom. The van der Waals surface area contributed by atoms with E-state index in [1.165, 1.54) is 0 Å². The zero-order valence-electron chi connectivity index (χ0n) is 16.0. The summed E-state index contributed by atoms with van der Waals surface area (Å²) in [6.45, 7) is 4.94. The largest absolute Gasteiger partial charge is 0.504 e. The maximum atomic E-state index is 13.1. The zero-order valence-corrected chi connectivity index (χ0v) is 16.8. The number of aromatic hydroxyl groups is 1. The standard InChI is InChI=1S/C22H27NO3S/c1-3-26-20-13-16(10-11-19(20)24)14-23-12-6-7-17(15-23)22(25)18-8-4-5-9-21(18)27-2/h4-5,8-11,13,17,24H,3,6-7,12,14-15H2,1-2H3. The fourth-order valence-corrected chi connectivity index (χ4v) is 4.27. The number of hydrogen-bond acceptors (Lipinski definition) is 5. The average molecular weight is 386 g/mol. The Morgan fingerprint density at radius 3 is 2.89 bits per heavy atom. The summed E-state index contributed by atoms with van der Waals surface area (Å²) >= 11 is 1.63. The number of phenolic OH excluding ortho intramolecular Hbond substituents is 1. The Labute approximate surface area is 165 Å². The van der Waals surface area contributed by atoms with Gasteiger partial charge in [0.05, 0.1) is 6.61 Å². The number of carbonyl (C=O) groups excluding carboxylic acids is 1. The van der Waals surface area contributed by atoms with Gasteiger partial charge >= 0.3 is 0 Å². The second kappa shape index (κ2) is 9.29. The number of rotatable bonds is 7. The summed E-state index contributed by atoms with van der Waals surface area (Å²) in [5, 5.41) is 9.88. The summed E-state index contributed by atoms with van der Waals surface area (Å²) in [7, 11) is 0. The molecule has 1 aliphatic heterocycles. The van der Waals surface area contributed by atoms with Gasteiger partial charge in [0.2, 0.25) is 0 Å². The van der Waals surface area contributed by atoms with Gasteiger partial charge in [0.25, 0.3) is 0 Å². The summed E-state index contributed by atoms with van der Waals surface area (Å²) in [4.78, 5) is 16.5. The smallest absolute Gasteiger partial charge is 0.168 e. The number of piperidine rings is 1. The monoisotopic (exact) mass is 385 g/mol. The van der Waals surface area contributed by atoms with Gasteiger partial charge < -0.3 is 9.84 Å². The summed E-state index contributed by atoms with van der Waals surface area (Å²) in [6, 6.07) is 13.4. The zero-order chi connectivity index (χ0) is 19.2. The van der Waals surface area contributed by atoms with Gasteiger partial charge in [-0.2, -0.15) is 0 Å². The lowest BCUT2D eigenvalue weighted by Crippen LogP contribution is -2.38. The number of thioether (sulfide) groups is 1. The van der Waals surface area contributed by atoms with Crippen LogP contribution in [0.3, 0.4) is 0 Å². The number of nitrogens with zero attached hydrogens (tertiary/aromatic N) is 1. The van der Waals surface area contributed by atoms with Crippen LogP contribution in [0.1, 0.15) is 35.7 Å². The predicted molar refractivity (Wildman–Crippen MR) is 110 cm³/mol. The van der Waals surface area contributed by atoms with Gasteiger partial charge in [-0.25, -0.2) is 0 Å². The predicted octanol–water partition coefficient (Wildman–Crippen LogP) is 4.61. The van der Waals surface area contributed by atoms with Crippen LogP contribution in [0.2, 0.25) is 0 Å². The van der Waals surface area contributed by atoms with Crippen molar-refractivity contribution in [3.63, 3.8) is 0 Å². The lowest BCUT2D eigenvalue weighted by Gasteiger charge is -2.32. The molecular formula is C22H27NO3S. The highest BCUT2D eigenvalue weighted by Crippen LogP contribution is 2.30. The van der Waals surface area contributed by atoms with Gasteiger partial charge in [0.1, 0.15) is 0 Å². The van der Waals surface area contributed by atoms with Gasteiger partial charge in [0.15, 0.2) is 17.3 Å². The molecule has 1 atom stereocenters. The molecule has 2 aromatic rings. The third-order valence-electron chi connectivity index (χ3n) is 4.98. The fraction of sp³-hybridized carbons (Fsp3) is 0.409. The first-order chi connectivity index (χ1) is 13.1. The lowest BCUT2D eigenvalue weighted by atomic mass is 9.89. The summed E-state index contributed by atoms with van der Waals surface area (Å²) < 4.78 is 5.48. The van der Waals surface area contributed by atoms with Crippen molar-refractivity contribution >= 4 is 17.5 Å². The Balaban J connectivity index is 1.69. The van der Waals surface area contributed by atoms with E-state index >= 15 is 0 Å². The highest BCUT2D eigenvalue weighted by Gasteiger charge is 2.27. The molecule has 0 aromatic heterocycles. The molecule has 5 heteroatoms. The van der Waals surface area contributed by atoms with Crippen molar-refractivity contribution in [1.82, 2.24) is 4.90 Å². The number of carbonyl (C=O) groups is 1. The Bertz CT molecular complexity index is 793. The third-order valence-corrected chi connectivity index (χ3v) is 5.77. The fourth-order valence-electron chi connectivity index (χ4n) is 3.67. The lowest BCUT2D eigenvalue weighted by molar-refractivity contribution is 0.0808. The summed E-state index contributed by atoms with van der Waals surface area (Å²) in [6.07, 6.45) is 3.98. The van der Waals surface area contributed by atoms with Crippen LogP contribution in [0.15, 0.2) is 47.4 Å². The van der Waals surface area contributed by atoms with Gasteiger partial charge in [-0.1, -0.05) is 24.3 Å². The molecule has 2 aromatic carbocycles. The molecule has 1 unspecified atom stereocenters. The number of likely N-dealkylation sites (tertiary alicyclic amines) is 1. The maximum absolute atomic E-state index is 13.1. The van der Waals surface area contributed by atoms with Crippen LogP contribution in [-0.4, -0.2) is 41.7 Å². The molecule has 0 saturated carbocycles. The minimum atomic E-state index is 0.0375. The van der Waals surface area contributed by atoms with Crippen molar-refractivity contribution in [2.45, 2.75) is 31.2 Å². The highest BCUT2D eigenvalue weighted by molar-refractivity contribution is 7.98. The molecule has 0 bridgehead atoms. The van der Waals surface area contributed by atoms with Crippen molar-refractivity contribution in [3.8, 4) is 11.5 Å². The van der Waals surface area contributed by atoms with Gasteiger partial charge in [-0.3, -0.25) is 9.69 Å². The van der Waals surface area contributed by atoms with Crippen LogP contribution < -0.4 is 4.74 Å². The first kappa shape index (κ1) is 19.8. The first-order valence-electron chi connectivity index (χ1n) is 9.46. The van der Waals surface area contributed by atoms with E-state index in [9.17, 15) is 9.90 Å². The summed E-state index contributed by atoms with van der Waals surface area (Å²) in [5.74, 6) is 0.982. The Morgan fingerprint density at radius 1 is 1.30 bits per heavy atom. The van der Waals surface area contributed by atoms with Crippen LogP contribution >= 0.6 is 11.8 Å². The van der Waals surface area contributed by atoms with Crippen molar-refractivity contribution in [1.29, 1.82) is 0 Å². The molecule has 0 radical (unpaired) electrons. The molecule has 0 spiro atoms. The van der Waals surface area contributed by atoms with Crippen molar-refractivity contribution in [2.24, 2.45) is 5.92 Å². The van der Waals surface area contributed by atoms with E-state index < -0.39 is 0 Å². The van der Waals surface area contributed by atoms with Gasteiger partial charge in [-0.15, -0.1) is 11.8 Å². The summed E-state index contributed by atoms with van der Waals surface area (Å²) in [5.41, 5.74) is 1.94. The van der Waals surface area contributed by atoms with E-state index in [-0.39, 0.29) is 17.5 Å². The van der Waals surface area contributed by atoms with Crippen molar-refractivity contribution in [2.75, 3.05) is 26.0 Å². The first-order valence-corrected chi connectivity index (χ1v) is 10.7. The Kier molecular flexibility index (Phi) is 6.80. The molecule has 27 heavy (non-hydrogen) atoms. The quantitative estimate of drug-likeness (QED) is 0.557. The molecule has 0 amide bonds. The minimum absolute atomic E-state index is 0.0375. The van der Waals surface area contributed by atoms with E-state index in [0.717, 1.165) is 48.5 Å². The number of ether oxygens (including phenoxy) is 1. The third kappa shape index (κ3) is 4.85. The minimum Gasteiger partial charge on any atom is -0.504 e. The number of Topliss-reactive ketones (excluding diaryl/α,β-unsaturated/α-hetero) is 1. The molecule has 1 N–H and O–H groups in total. The van der Waals surface area contributed by atoms with E-state index in [2.05, 4.69) is 4.90 Å². The molecule has 144 valence electrons. The van der Waals surface area contributed by atoms with Crippen LogP contribution in [0.5, 0.6) is 11.5 Å². The average Bonchev–Trinajstić information content (AvgIpc) is 2.70. The number of ketones is 1. The molecule has 3 rings (SSSR count). The van der Waals surface area contributed by atoms with Crippen molar-refractivity contribution in [3.05, 3.63) is 53.6 Å². The van der Waals surface area contributed by atoms with E-state index in [0.29, 0.717) is 12.4 Å². The number of phenols is 1. The number of benzene rings is 2. The van der Waals surface area contributed by atoms with Gasteiger partial charge in [-0.05, 0) is 56.3 Å². The molecule has 1 saturated heterocycles. The van der Waals surface area contributed by atoms with Crippen molar-refractivity contribution < 1.29 is 14.6 Å². The highest BCUT2D eigenvalue weighted by atomic mass is 32.2. The normalized spacial score (nSPS) is 17.6. The van der Waals surface area contributed by atoms with E-state index in [1.54, 1.807) is 17.8 Å². The Hall–Kier alpha value is -1.98. The second-order valence-electron chi connectivity index (χ2n) is 6.87. The molecule has 1 aliphatic rings. The second-order valence-corrected chi connectivity index (χ2v) is 7.72. The molecule has 0 aliphatic carbocycles. The van der Waals surface area contributed by atoms with Gasteiger partial charge in [0, 0.05) is 29.5 Å². The van der Waals surface area contributed by atoms with Crippen LogP contribution in [0.4, 0.5) is 0 Å².